The Labute approximate surface area is 167 Å². The van der Waals surface area contributed by atoms with Crippen molar-refractivity contribution in [2.24, 2.45) is 4.99 Å². The summed E-state index contributed by atoms with van der Waals surface area (Å²) < 4.78 is 20.2. The molecule has 1 aromatic heterocycles. The summed E-state index contributed by atoms with van der Waals surface area (Å²) in [6, 6.07) is 8.26. The fraction of sp³-hybridized carbons (Fsp3) is 0.167. The Bertz CT molecular complexity index is 1090. The molecule has 0 atom stereocenters. The van der Waals surface area contributed by atoms with Gasteiger partial charge < -0.3 is 9.30 Å². The van der Waals surface area contributed by atoms with Gasteiger partial charge in [0.15, 0.2) is 4.80 Å². The number of fused-ring (bicyclic) bond motifs is 1. The molecule has 27 heavy (non-hydrogen) atoms. The lowest BCUT2D eigenvalue weighted by Crippen LogP contribution is -2.23. The fourth-order valence-corrected chi connectivity index (χ4v) is 4.25. The van der Waals surface area contributed by atoms with Gasteiger partial charge in [0.05, 0.1) is 21.8 Å². The van der Waals surface area contributed by atoms with Crippen LogP contribution in [-0.2, 0) is 16.1 Å². The molecule has 0 aliphatic heterocycles. The molecule has 0 spiro atoms. The minimum atomic E-state index is -0.568. The maximum absolute atomic E-state index is 13.1. The number of esters is 1. The molecule has 0 N–H and O–H groups in total. The molecule has 0 fully saturated rings. The molecule has 0 unspecified atom stereocenters. The number of carbonyl (C=O) groups is 2. The van der Waals surface area contributed by atoms with Crippen molar-refractivity contribution < 1.29 is 18.7 Å². The van der Waals surface area contributed by atoms with Gasteiger partial charge in [-0.1, -0.05) is 34.5 Å². The van der Waals surface area contributed by atoms with Crippen LogP contribution in [0, 0.1) is 5.82 Å². The average molecular weight is 427 g/mol. The largest absolute Gasteiger partial charge is 0.465 e. The Balaban J connectivity index is 2.15. The quantitative estimate of drug-likeness (QED) is 0.578. The molecule has 1 amide bonds. The van der Waals surface area contributed by atoms with Gasteiger partial charge >= 0.3 is 5.97 Å². The van der Waals surface area contributed by atoms with Crippen molar-refractivity contribution in [3.05, 3.63) is 62.6 Å². The number of carbonyl (C=O) groups excluding carboxylic acids is 2. The van der Waals surface area contributed by atoms with Crippen LogP contribution < -0.4 is 4.80 Å². The second kappa shape index (κ2) is 8.21. The summed E-state index contributed by atoms with van der Waals surface area (Å²) in [6.45, 7) is 1.76. The maximum atomic E-state index is 13.1. The number of hydrogen-bond acceptors (Lipinski definition) is 4. The molecule has 0 saturated heterocycles. The van der Waals surface area contributed by atoms with Crippen LogP contribution in [0.4, 0.5) is 4.39 Å². The van der Waals surface area contributed by atoms with Crippen LogP contribution in [-0.4, -0.2) is 23.1 Å². The number of rotatable bonds is 4. The third-order valence-corrected chi connectivity index (χ3v) is 5.11. The normalized spacial score (nSPS) is 11.8. The van der Waals surface area contributed by atoms with E-state index in [2.05, 4.69) is 4.99 Å². The van der Waals surface area contributed by atoms with Crippen molar-refractivity contribution in [3.63, 3.8) is 0 Å². The highest BCUT2D eigenvalue weighted by Gasteiger charge is 2.16. The number of aromatic nitrogens is 1. The molecule has 140 valence electrons. The third kappa shape index (κ3) is 4.37. The van der Waals surface area contributed by atoms with E-state index >= 15 is 0 Å². The highest BCUT2D eigenvalue weighted by molar-refractivity contribution is 7.16. The van der Waals surface area contributed by atoms with E-state index < -0.39 is 17.7 Å². The van der Waals surface area contributed by atoms with E-state index in [9.17, 15) is 14.0 Å². The number of halogens is 3. The second-order valence-corrected chi connectivity index (χ2v) is 7.29. The monoisotopic (exact) mass is 426 g/mol. The van der Waals surface area contributed by atoms with Gasteiger partial charge in [0.1, 0.15) is 12.4 Å². The van der Waals surface area contributed by atoms with Crippen LogP contribution in [0.25, 0.3) is 10.2 Å². The number of benzene rings is 2. The van der Waals surface area contributed by atoms with E-state index in [0.717, 1.165) is 11.3 Å². The molecule has 1 heterocycles. The van der Waals surface area contributed by atoms with Crippen LogP contribution in [0.5, 0.6) is 0 Å². The SMILES string of the molecule is CCOC(=O)Cn1c(=NC(=O)c2ccc(F)cc2)sc2cc(Cl)cc(Cl)c21. The fourth-order valence-electron chi connectivity index (χ4n) is 2.44. The minimum absolute atomic E-state index is 0.162. The predicted octanol–water partition coefficient (Wildman–Crippen LogP) is 4.45. The van der Waals surface area contributed by atoms with Crippen LogP contribution >= 0.6 is 34.5 Å². The van der Waals surface area contributed by atoms with Crippen LogP contribution in [0.3, 0.4) is 0 Å². The number of amides is 1. The smallest absolute Gasteiger partial charge is 0.326 e. The molecule has 9 heteroatoms. The summed E-state index contributed by atoms with van der Waals surface area (Å²) in [7, 11) is 0. The zero-order valence-corrected chi connectivity index (χ0v) is 16.4. The lowest BCUT2D eigenvalue weighted by atomic mass is 10.2. The van der Waals surface area contributed by atoms with Gasteiger partial charge in [-0.15, -0.1) is 0 Å². The maximum Gasteiger partial charge on any atom is 0.326 e. The van der Waals surface area contributed by atoms with Gasteiger partial charge in [-0.25, -0.2) is 4.39 Å². The second-order valence-electron chi connectivity index (χ2n) is 5.43. The first kappa shape index (κ1) is 19.5. The number of thiazole rings is 1. The zero-order valence-electron chi connectivity index (χ0n) is 14.0. The van der Waals surface area contributed by atoms with Gasteiger partial charge in [-0.2, -0.15) is 4.99 Å². The molecule has 0 aliphatic carbocycles. The zero-order chi connectivity index (χ0) is 19.6. The highest BCUT2D eigenvalue weighted by Crippen LogP contribution is 2.29. The van der Waals surface area contributed by atoms with Gasteiger partial charge in [-0.05, 0) is 43.3 Å². The van der Waals surface area contributed by atoms with E-state index in [1.165, 1.54) is 28.8 Å². The molecule has 2 aromatic carbocycles. The van der Waals surface area contributed by atoms with Gasteiger partial charge in [0.25, 0.3) is 5.91 Å². The Morgan fingerprint density at radius 1 is 1.22 bits per heavy atom. The minimum Gasteiger partial charge on any atom is -0.465 e. The predicted molar refractivity (Wildman–Crippen MR) is 103 cm³/mol. The van der Waals surface area contributed by atoms with Crippen molar-refractivity contribution >= 4 is 56.6 Å². The summed E-state index contributed by atoms with van der Waals surface area (Å²) in [4.78, 5) is 28.8. The van der Waals surface area contributed by atoms with Gasteiger partial charge in [0.2, 0.25) is 0 Å². The first-order chi connectivity index (χ1) is 12.9. The molecule has 0 saturated carbocycles. The molecular weight excluding hydrogens is 414 g/mol. The summed E-state index contributed by atoms with van der Waals surface area (Å²) in [5, 5.41) is 0.752. The standard InChI is InChI=1S/C18H13Cl2FN2O3S/c1-2-26-15(24)9-23-16-13(20)7-11(19)8-14(16)27-18(23)22-17(25)10-3-5-12(21)6-4-10/h3-8H,2,9H2,1H3. The molecule has 0 aliphatic rings. The summed E-state index contributed by atoms with van der Waals surface area (Å²) in [5.74, 6) is -1.51. The Morgan fingerprint density at radius 3 is 2.59 bits per heavy atom. The van der Waals surface area contributed by atoms with Gasteiger partial charge in [0, 0.05) is 10.6 Å². The first-order valence-electron chi connectivity index (χ1n) is 7.87. The van der Waals surface area contributed by atoms with E-state index in [1.54, 1.807) is 19.1 Å². The van der Waals surface area contributed by atoms with E-state index in [-0.39, 0.29) is 23.5 Å². The van der Waals surface area contributed by atoms with Crippen LogP contribution in [0.2, 0.25) is 10.0 Å². The molecule has 5 nitrogen and oxygen atoms in total. The number of ether oxygens (including phenoxy) is 1. The summed E-state index contributed by atoms with van der Waals surface area (Å²) >= 11 is 13.5. The average Bonchev–Trinajstić information content (AvgIpc) is 2.92. The van der Waals surface area contributed by atoms with E-state index in [1.807, 2.05) is 0 Å². The lowest BCUT2D eigenvalue weighted by molar-refractivity contribution is -0.143. The Morgan fingerprint density at radius 2 is 1.93 bits per heavy atom. The molecule has 0 radical (unpaired) electrons. The van der Waals surface area contributed by atoms with Crippen molar-refractivity contribution in [1.29, 1.82) is 0 Å². The topological polar surface area (TPSA) is 60.7 Å². The molecule has 0 bridgehead atoms. The summed E-state index contributed by atoms with van der Waals surface area (Å²) in [6.07, 6.45) is 0. The van der Waals surface area contributed by atoms with Crippen molar-refractivity contribution in [3.8, 4) is 0 Å². The third-order valence-electron chi connectivity index (χ3n) is 3.58. The van der Waals surface area contributed by atoms with Crippen LogP contribution in [0.1, 0.15) is 17.3 Å². The number of hydrogen-bond donors (Lipinski definition) is 0. The molecule has 3 rings (SSSR count). The van der Waals surface area contributed by atoms with Crippen molar-refractivity contribution in [2.75, 3.05) is 6.61 Å². The summed E-state index contributed by atoms with van der Waals surface area (Å²) in [5.41, 5.74) is 0.755. The van der Waals surface area contributed by atoms with E-state index in [4.69, 9.17) is 27.9 Å². The van der Waals surface area contributed by atoms with Crippen molar-refractivity contribution in [2.45, 2.75) is 13.5 Å². The van der Waals surface area contributed by atoms with Crippen LogP contribution in [0.15, 0.2) is 41.4 Å². The molecular formula is C18H13Cl2FN2O3S. The van der Waals surface area contributed by atoms with E-state index in [0.29, 0.717) is 20.3 Å². The van der Waals surface area contributed by atoms with Crippen molar-refractivity contribution in [1.82, 2.24) is 4.57 Å². The Hall–Kier alpha value is -2.22. The van der Waals surface area contributed by atoms with Gasteiger partial charge in [-0.3, -0.25) is 9.59 Å². The lowest BCUT2D eigenvalue weighted by Gasteiger charge is -2.06. The number of nitrogens with zero attached hydrogens (tertiary/aromatic N) is 2. The molecule has 3 aromatic rings. The Kier molecular flexibility index (Phi) is 5.94. The highest BCUT2D eigenvalue weighted by atomic mass is 35.5. The first-order valence-corrected chi connectivity index (χ1v) is 9.45.